The summed E-state index contributed by atoms with van der Waals surface area (Å²) in [5.41, 5.74) is 2.82. The fourth-order valence-electron chi connectivity index (χ4n) is 3.27. The van der Waals surface area contributed by atoms with Crippen molar-refractivity contribution >= 4 is 28.6 Å². The van der Waals surface area contributed by atoms with Gasteiger partial charge in [-0.3, -0.25) is 4.79 Å². The molecule has 1 aliphatic heterocycles. The number of thioether (sulfide) groups is 1. The average Bonchev–Trinajstić information content (AvgIpc) is 2.90. The summed E-state index contributed by atoms with van der Waals surface area (Å²) in [6.45, 7) is 1.59. The summed E-state index contributed by atoms with van der Waals surface area (Å²) in [6.07, 6.45) is 1.29. The van der Waals surface area contributed by atoms with Gasteiger partial charge >= 0.3 is 0 Å². The normalized spacial score (nSPS) is 18.2. The Balaban J connectivity index is 1.43. The Bertz CT molecular complexity index is 862. The van der Waals surface area contributed by atoms with Crippen molar-refractivity contribution in [2.45, 2.75) is 18.1 Å². The first-order valence-corrected chi connectivity index (χ1v) is 9.64. The second-order valence-corrected chi connectivity index (χ2v) is 7.55. The minimum Gasteiger partial charge on any atom is -0.356 e. The molecule has 4 rings (SSSR count). The number of aromatic nitrogens is 1. The van der Waals surface area contributed by atoms with E-state index >= 15 is 0 Å². The van der Waals surface area contributed by atoms with E-state index in [9.17, 15) is 4.79 Å². The zero-order valence-electron chi connectivity index (χ0n) is 13.9. The van der Waals surface area contributed by atoms with Crippen molar-refractivity contribution in [3.8, 4) is 0 Å². The van der Waals surface area contributed by atoms with Crippen LogP contribution in [0.1, 0.15) is 22.9 Å². The smallest absolute Gasteiger partial charge is 0.228 e. The van der Waals surface area contributed by atoms with E-state index in [4.69, 9.17) is 4.52 Å². The Morgan fingerprint density at radius 1 is 1.12 bits per heavy atom. The van der Waals surface area contributed by atoms with Gasteiger partial charge in [0.1, 0.15) is 5.69 Å². The third-order valence-corrected chi connectivity index (χ3v) is 5.96. The molecule has 1 unspecified atom stereocenters. The van der Waals surface area contributed by atoms with Crippen LogP contribution in [0.2, 0.25) is 0 Å². The van der Waals surface area contributed by atoms with E-state index in [1.54, 1.807) is 0 Å². The van der Waals surface area contributed by atoms with Gasteiger partial charge in [0.2, 0.25) is 5.91 Å². The minimum absolute atomic E-state index is 0.133. The van der Waals surface area contributed by atoms with Crippen molar-refractivity contribution in [3.05, 3.63) is 65.9 Å². The number of para-hydroxylation sites is 1. The molecule has 1 aromatic heterocycles. The molecule has 0 aliphatic carbocycles. The lowest BCUT2D eigenvalue weighted by Gasteiger charge is -2.20. The lowest BCUT2D eigenvalue weighted by atomic mass is 10.1. The molecular formula is C20H20N2O2S. The first kappa shape index (κ1) is 16.2. The van der Waals surface area contributed by atoms with Crippen LogP contribution in [0.25, 0.3) is 11.0 Å². The van der Waals surface area contributed by atoms with Gasteiger partial charge in [0.25, 0.3) is 0 Å². The number of fused-ring (bicyclic) bond motifs is 1. The van der Waals surface area contributed by atoms with E-state index in [1.165, 1.54) is 5.56 Å². The molecule has 1 aliphatic rings. The molecule has 5 heteroatoms. The summed E-state index contributed by atoms with van der Waals surface area (Å²) in [5.74, 6) is 1.10. The summed E-state index contributed by atoms with van der Waals surface area (Å²) < 4.78 is 5.31. The predicted molar refractivity (Wildman–Crippen MR) is 101 cm³/mol. The molecular weight excluding hydrogens is 332 g/mol. The van der Waals surface area contributed by atoms with Gasteiger partial charge in [0.15, 0.2) is 5.58 Å². The molecule has 2 heterocycles. The number of amides is 1. The molecule has 0 saturated carbocycles. The first-order chi connectivity index (χ1) is 12.3. The maximum Gasteiger partial charge on any atom is 0.228 e. The number of carbonyl (C=O) groups excluding carboxylic acids is 1. The molecule has 1 fully saturated rings. The van der Waals surface area contributed by atoms with Gasteiger partial charge in [0, 0.05) is 29.5 Å². The van der Waals surface area contributed by atoms with Gasteiger partial charge in [-0.2, -0.15) is 11.8 Å². The number of hydrogen-bond donors (Lipinski definition) is 0. The van der Waals surface area contributed by atoms with Crippen molar-refractivity contribution in [2.24, 2.45) is 0 Å². The highest BCUT2D eigenvalue weighted by Gasteiger charge is 2.23. The highest BCUT2D eigenvalue weighted by Crippen LogP contribution is 2.34. The predicted octanol–water partition coefficient (Wildman–Crippen LogP) is 4.08. The molecule has 4 nitrogen and oxygen atoms in total. The van der Waals surface area contributed by atoms with Gasteiger partial charge in [-0.25, -0.2) is 0 Å². The van der Waals surface area contributed by atoms with Gasteiger partial charge in [-0.05, 0) is 24.1 Å². The molecule has 128 valence electrons. The maximum atomic E-state index is 12.7. The van der Waals surface area contributed by atoms with Crippen molar-refractivity contribution in [3.63, 3.8) is 0 Å². The average molecular weight is 352 g/mol. The van der Waals surface area contributed by atoms with Gasteiger partial charge in [-0.1, -0.05) is 47.6 Å². The first-order valence-electron chi connectivity index (χ1n) is 8.59. The largest absolute Gasteiger partial charge is 0.356 e. The topological polar surface area (TPSA) is 46.3 Å². The number of benzene rings is 2. The lowest BCUT2D eigenvalue weighted by Crippen LogP contribution is -2.34. The summed E-state index contributed by atoms with van der Waals surface area (Å²) in [7, 11) is 0. The Morgan fingerprint density at radius 2 is 1.92 bits per heavy atom. The number of nitrogens with zero attached hydrogens (tertiary/aromatic N) is 2. The molecule has 1 atom stereocenters. The summed E-state index contributed by atoms with van der Waals surface area (Å²) in [4.78, 5) is 14.7. The van der Waals surface area contributed by atoms with Crippen molar-refractivity contribution in [1.29, 1.82) is 0 Å². The summed E-state index contributed by atoms with van der Waals surface area (Å²) >= 11 is 1.94. The Hall–Kier alpha value is -2.27. The molecule has 0 bridgehead atoms. The summed E-state index contributed by atoms with van der Waals surface area (Å²) in [5, 5.41) is 5.49. The highest BCUT2D eigenvalue weighted by molar-refractivity contribution is 7.99. The highest BCUT2D eigenvalue weighted by atomic mass is 32.2. The van der Waals surface area contributed by atoms with Gasteiger partial charge in [0.05, 0.1) is 6.42 Å². The van der Waals surface area contributed by atoms with Crippen LogP contribution < -0.4 is 0 Å². The molecule has 1 amide bonds. The fraction of sp³-hybridized carbons (Fsp3) is 0.300. The minimum atomic E-state index is 0.133. The maximum absolute atomic E-state index is 12.7. The quantitative estimate of drug-likeness (QED) is 0.713. The number of rotatable bonds is 3. The fourth-order valence-corrected chi connectivity index (χ4v) is 4.51. The van der Waals surface area contributed by atoms with E-state index in [2.05, 4.69) is 29.4 Å². The zero-order valence-corrected chi connectivity index (χ0v) is 14.7. The van der Waals surface area contributed by atoms with Crippen LogP contribution in [0.3, 0.4) is 0 Å². The number of carbonyl (C=O) groups is 1. The molecule has 0 spiro atoms. The van der Waals surface area contributed by atoms with Crippen LogP contribution in [-0.4, -0.2) is 34.8 Å². The second kappa shape index (κ2) is 7.31. The summed E-state index contributed by atoms with van der Waals surface area (Å²) in [6, 6.07) is 18.3. The van der Waals surface area contributed by atoms with Crippen LogP contribution >= 0.6 is 11.8 Å². The van der Waals surface area contributed by atoms with Crippen molar-refractivity contribution in [1.82, 2.24) is 10.1 Å². The van der Waals surface area contributed by atoms with E-state index in [0.717, 1.165) is 41.9 Å². The Kier molecular flexibility index (Phi) is 4.74. The zero-order chi connectivity index (χ0) is 17.1. The van der Waals surface area contributed by atoms with Crippen LogP contribution in [-0.2, 0) is 11.2 Å². The molecule has 1 saturated heterocycles. The van der Waals surface area contributed by atoms with E-state index in [-0.39, 0.29) is 5.91 Å². The third kappa shape index (κ3) is 3.56. The Morgan fingerprint density at radius 3 is 2.80 bits per heavy atom. The standard InChI is InChI=1S/C20H20N2O2S/c23-20(14-17-16-8-4-5-9-18(16)24-21-17)22-11-10-19(25-13-12-22)15-6-2-1-3-7-15/h1-9,19H,10-14H2. The van der Waals surface area contributed by atoms with E-state index in [0.29, 0.717) is 11.7 Å². The Labute approximate surface area is 151 Å². The van der Waals surface area contributed by atoms with E-state index < -0.39 is 0 Å². The molecule has 2 aromatic carbocycles. The van der Waals surface area contributed by atoms with Crippen molar-refractivity contribution < 1.29 is 9.32 Å². The van der Waals surface area contributed by atoms with Crippen LogP contribution in [0.15, 0.2) is 59.1 Å². The number of hydrogen-bond acceptors (Lipinski definition) is 4. The lowest BCUT2D eigenvalue weighted by molar-refractivity contribution is -0.130. The van der Waals surface area contributed by atoms with Crippen molar-refractivity contribution in [2.75, 3.05) is 18.8 Å². The molecule has 0 radical (unpaired) electrons. The van der Waals surface area contributed by atoms with E-state index in [1.807, 2.05) is 47.0 Å². The van der Waals surface area contributed by atoms with Gasteiger partial charge in [-0.15, -0.1) is 0 Å². The molecule has 25 heavy (non-hydrogen) atoms. The van der Waals surface area contributed by atoms with Gasteiger partial charge < -0.3 is 9.42 Å². The third-order valence-electron chi connectivity index (χ3n) is 4.64. The van der Waals surface area contributed by atoms with Crippen LogP contribution in [0, 0.1) is 0 Å². The van der Waals surface area contributed by atoms with Crippen LogP contribution in [0.4, 0.5) is 0 Å². The molecule has 0 N–H and O–H groups in total. The molecule has 3 aromatic rings. The SMILES string of the molecule is O=C(Cc1noc2ccccc12)N1CCSC(c2ccccc2)CC1. The monoisotopic (exact) mass is 352 g/mol. The second-order valence-electron chi connectivity index (χ2n) is 6.24. The van der Waals surface area contributed by atoms with Crippen LogP contribution in [0.5, 0.6) is 0 Å².